The van der Waals surface area contributed by atoms with Crippen LogP contribution >= 0.6 is 0 Å². The maximum Gasteiger partial charge on any atom is 0.332 e. The number of nitrogens with two attached hydrogens (primary N) is 1. The molecule has 6 aliphatic rings. The number of carbonyl (C=O) groups is 5. The van der Waals surface area contributed by atoms with Crippen molar-refractivity contribution < 1.29 is 62.6 Å². The largest absolute Gasteiger partial charge is 0.458 e. The first-order valence-electron chi connectivity index (χ1n) is 31.4. The average Bonchev–Trinajstić information content (AvgIpc) is 1.60. The number of aliphatic hydroxyl groups excluding tert-OH is 2. The fraction of sp³-hybridized carbons (Fsp3) is 0.667. The third-order valence-corrected chi connectivity index (χ3v) is 17.1. The van der Waals surface area contributed by atoms with Gasteiger partial charge >= 0.3 is 35.0 Å². The molecule has 0 spiro atoms. The van der Waals surface area contributed by atoms with Gasteiger partial charge in [0, 0.05) is 73.5 Å². The summed E-state index contributed by atoms with van der Waals surface area (Å²) in [6, 6.07) is 0. The number of fused-ring (bicyclic) bond motifs is 3. The average molecular weight is 1270 g/mol. The molecule has 12 atom stereocenters. The van der Waals surface area contributed by atoms with Gasteiger partial charge in [-0.05, 0) is 74.5 Å². The van der Waals surface area contributed by atoms with Gasteiger partial charge in [0.1, 0.15) is 28.8 Å². The standard InChI is InChI=1S/C21H29N5O5.C16H23N5O4.C12H20O5.C11H13N5O2/c1-5-11(2)16-8-17(30-13(4)28)19(31-16)26-18-15(9-22-20(24-18)23-12(3)27)25(21(26)29)10-14-6-7-14;1-2-10(22)12-5-11(23)14(25-12)21-13-9(6-18-15(17)19-13)20(16(21)24)7-8-3-4-8;1-5-7(2)10-6-11(15-8(3)13)12(17-10)16-9(4)14;1-6(17)13-10-12-4-8-9(14-10)15-11(18)16(8)5-7-2-3-7/h9,11,14,16-17,19H,5-8,10H2,1-4H3,(H,22,23,24,27);6,8,10-12,14,22-23H,2-5,7H2,1H3,(H2,17,18,19);7,10-12H,5-6H2,1-4H3;4,7H,2-3,5H2,1H3,(H2,12,13,14,15,17,18)/t11-,16-,17+,19+;10-,11+,12-,14+;7?,10-,11+,12?;/m000./s1. The van der Waals surface area contributed by atoms with Crippen molar-refractivity contribution >= 4 is 81.1 Å². The van der Waals surface area contributed by atoms with E-state index in [0.29, 0.717) is 96.1 Å². The minimum atomic E-state index is -0.903. The van der Waals surface area contributed by atoms with Gasteiger partial charge in [-0.25, -0.2) is 38.5 Å². The molecule has 0 bridgehead atoms. The van der Waals surface area contributed by atoms with E-state index in [1.54, 1.807) is 26.1 Å². The van der Waals surface area contributed by atoms with Crippen LogP contribution in [0.15, 0.2) is 33.0 Å². The molecule has 31 heteroatoms. The SMILES string of the molecule is CC(=O)Nc1ncc2c(n1)[nH]c(=O)n2CC1CC1.CCC(C)[C@@H]1C[C@@H](OC(C)=O)C(OC(C)=O)O1.CC[C@H](C)[C@@H]1C[C@@H](OC(C)=O)[C@H](n2c(=O)n(CC3CC3)c3cnc(NC(C)=O)nc32)O1.CC[C@H](O)[C@@H]1C[C@@H](O)[C@H](n2c(=O)n(CC3CC3)c3cnc(N)nc32)O1. The molecule has 3 saturated heterocycles. The van der Waals surface area contributed by atoms with E-state index in [0.717, 1.165) is 38.5 Å². The summed E-state index contributed by atoms with van der Waals surface area (Å²) in [7, 11) is 0. The second kappa shape index (κ2) is 29.1. The van der Waals surface area contributed by atoms with Crippen molar-refractivity contribution in [2.75, 3.05) is 16.4 Å². The van der Waals surface area contributed by atoms with Crippen LogP contribution in [0.4, 0.5) is 17.8 Å². The van der Waals surface area contributed by atoms with Crippen LogP contribution in [0, 0.1) is 29.6 Å². The van der Waals surface area contributed by atoms with E-state index < -0.39 is 61.2 Å². The smallest absolute Gasteiger partial charge is 0.332 e. The number of ether oxygens (including phenoxy) is 6. The van der Waals surface area contributed by atoms with Gasteiger partial charge in [-0.1, -0.05) is 47.5 Å². The van der Waals surface area contributed by atoms with Crippen LogP contribution < -0.4 is 33.4 Å². The van der Waals surface area contributed by atoms with E-state index in [2.05, 4.69) is 73.2 Å². The number of aromatic nitrogens is 12. The molecule has 496 valence electrons. The van der Waals surface area contributed by atoms with Crippen molar-refractivity contribution in [3.8, 4) is 0 Å². The Labute approximate surface area is 523 Å². The van der Waals surface area contributed by atoms with E-state index in [9.17, 15) is 48.6 Å². The number of imidazole rings is 3. The Kier molecular flexibility index (Phi) is 21.5. The van der Waals surface area contributed by atoms with Gasteiger partial charge in [-0.3, -0.25) is 53.3 Å². The van der Waals surface area contributed by atoms with Crippen LogP contribution in [0.1, 0.15) is 159 Å². The van der Waals surface area contributed by atoms with Gasteiger partial charge in [0.25, 0.3) is 0 Å². The molecule has 3 aliphatic heterocycles. The van der Waals surface area contributed by atoms with Gasteiger partial charge in [0.05, 0.1) is 43.0 Å². The number of nitrogens with zero attached hydrogens (tertiary/aromatic N) is 11. The van der Waals surface area contributed by atoms with Crippen LogP contribution in [-0.4, -0.2) is 147 Å². The molecule has 6 fully saturated rings. The zero-order chi connectivity index (χ0) is 65.7. The number of carbonyl (C=O) groups excluding carboxylic acids is 5. The number of nitrogens with one attached hydrogen (secondary N) is 3. The van der Waals surface area contributed by atoms with Gasteiger partial charge < -0.3 is 44.4 Å². The first kappa shape index (κ1) is 67.4. The van der Waals surface area contributed by atoms with Crippen LogP contribution in [0.3, 0.4) is 0 Å². The van der Waals surface area contributed by atoms with E-state index in [4.69, 9.17) is 34.2 Å². The summed E-state index contributed by atoms with van der Waals surface area (Å²) in [5.41, 5.74) is 7.97. The highest BCUT2D eigenvalue weighted by atomic mass is 16.7. The minimum Gasteiger partial charge on any atom is -0.458 e. The molecule has 0 radical (unpaired) electrons. The molecule has 31 nitrogen and oxygen atoms in total. The molecular formula is C60H85N15O16. The number of aliphatic hydroxyl groups is 2. The number of aromatic amines is 1. The highest BCUT2D eigenvalue weighted by Gasteiger charge is 2.45. The van der Waals surface area contributed by atoms with Crippen molar-refractivity contribution in [1.29, 1.82) is 0 Å². The Morgan fingerprint density at radius 1 is 0.604 bits per heavy atom. The fourth-order valence-corrected chi connectivity index (χ4v) is 11.3. The number of hydrogen-bond donors (Lipinski definition) is 6. The maximum absolute atomic E-state index is 13.5. The first-order chi connectivity index (χ1) is 43.3. The highest BCUT2D eigenvalue weighted by Crippen LogP contribution is 2.39. The van der Waals surface area contributed by atoms with E-state index in [-0.39, 0.29) is 77.2 Å². The predicted molar refractivity (Wildman–Crippen MR) is 327 cm³/mol. The first-order valence-corrected chi connectivity index (χ1v) is 31.4. The van der Waals surface area contributed by atoms with Crippen molar-refractivity contribution in [3.05, 3.63) is 50.0 Å². The van der Waals surface area contributed by atoms with Crippen LogP contribution in [0.25, 0.3) is 33.5 Å². The number of esters is 3. The van der Waals surface area contributed by atoms with Crippen molar-refractivity contribution in [3.63, 3.8) is 0 Å². The fourth-order valence-electron chi connectivity index (χ4n) is 11.3. The molecule has 3 saturated carbocycles. The van der Waals surface area contributed by atoms with Gasteiger partial charge in [-0.15, -0.1) is 0 Å². The third kappa shape index (κ3) is 16.6. The number of amides is 2. The number of rotatable bonds is 19. The molecule has 3 aliphatic carbocycles. The maximum atomic E-state index is 13.5. The minimum absolute atomic E-state index is 0.0336. The molecule has 2 amide bonds. The van der Waals surface area contributed by atoms with Gasteiger partial charge in [0.15, 0.2) is 35.5 Å². The molecule has 7 N–H and O–H groups in total. The lowest BCUT2D eigenvalue weighted by Gasteiger charge is -2.20. The molecule has 0 aromatic carbocycles. The summed E-state index contributed by atoms with van der Waals surface area (Å²) >= 11 is 0. The molecular weight excluding hydrogens is 1190 g/mol. The van der Waals surface area contributed by atoms with Crippen LogP contribution in [0.5, 0.6) is 0 Å². The Bertz CT molecular complexity index is 3760. The molecule has 6 aromatic rings. The lowest BCUT2D eigenvalue weighted by atomic mass is 9.99. The number of H-pyrrole nitrogens is 1. The number of hydrogen-bond acceptors (Lipinski definition) is 23. The van der Waals surface area contributed by atoms with Gasteiger partial charge in [-0.2, -0.15) is 15.0 Å². The van der Waals surface area contributed by atoms with Crippen molar-refractivity contribution in [1.82, 2.24) is 57.7 Å². The Morgan fingerprint density at radius 3 is 1.58 bits per heavy atom. The summed E-state index contributed by atoms with van der Waals surface area (Å²) in [5, 5.41) is 25.5. The van der Waals surface area contributed by atoms with E-state index in [1.807, 2.05) is 6.92 Å². The Morgan fingerprint density at radius 2 is 1.07 bits per heavy atom. The number of anilines is 3. The van der Waals surface area contributed by atoms with Crippen molar-refractivity contribution in [2.45, 2.75) is 227 Å². The topological polar surface area (TPSA) is 400 Å². The van der Waals surface area contributed by atoms with Crippen LogP contribution in [0.2, 0.25) is 0 Å². The highest BCUT2D eigenvalue weighted by molar-refractivity contribution is 5.88. The third-order valence-electron chi connectivity index (χ3n) is 17.1. The van der Waals surface area contributed by atoms with E-state index in [1.165, 1.54) is 62.8 Å². The molecule has 2 unspecified atom stereocenters. The zero-order valence-corrected chi connectivity index (χ0v) is 53.1. The zero-order valence-electron chi connectivity index (χ0n) is 53.1. The molecule has 6 aromatic heterocycles. The summed E-state index contributed by atoms with van der Waals surface area (Å²) in [6.45, 7) is 18.7. The predicted octanol–water partition coefficient (Wildman–Crippen LogP) is 4.36. The summed E-state index contributed by atoms with van der Waals surface area (Å²) in [6.07, 6.45) is 9.24. The monoisotopic (exact) mass is 1270 g/mol. The van der Waals surface area contributed by atoms with Crippen molar-refractivity contribution in [2.24, 2.45) is 29.6 Å². The summed E-state index contributed by atoms with van der Waals surface area (Å²) in [5.74, 6) is 0.686. The second-order valence-corrected chi connectivity index (χ2v) is 24.6. The Balaban J connectivity index is 0.000000148. The van der Waals surface area contributed by atoms with E-state index >= 15 is 0 Å². The lowest BCUT2D eigenvalue weighted by molar-refractivity contribution is -0.196. The normalized spacial score (nSPS) is 24.5. The Hall–Kier alpha value is -8.00. The van der Waals surface area contributed by atoms with Crippen LogP contribution in [-0.2, 0) is 72.0 Å². The summed E-state index contributed by atoms with van der Waals surface area (Å²) in [4.78, 5) is 122. The molecule has 91 heavy (non-hydrogen) atoms. The molecule has 12 rings (SSSR count). The second-order valence-electron chi connectivity index (χ2n) is 24.6. The quantitative estimate of drug-likeness (QED) is 0.0484. The van der Waals surface area contributed by atoms with Gasteiger partial charge in [0.2, 0.25) is 35.9 Å². The summed E-state index contributed by atoms with van der Waals surface area (Å²) < 4.78 is 41.2. The molecule has 9 heterocycles. The lowest BCUT2D eigenvalue weighted by Crippen LogP contribution is -2.34. The number of nitrogen functional groups attached to an aromatic ring is 1.